The van der Waals surface area contributed by atoms with Gasteiger partial charge in [-0.3, -0.25) is 9.89 Å². The summed E-state index contributed by atoms with van der Waals surface area (Å²) in [6.07, 6.45) is 4.46. The number of quaternary nitrogens is 1. The second kappa shape index (κ2) is 9.55. The molecule has 37 heavy (non-hydrogen) atoms. The molecule has 1 saturated heterocycles. The van der Waals surface area contributed by atoms with Crippen LogP contribution in [-0.4, -0.2) is 68.1 Å². The molecule has 5 aliphatic rings. The van der Waals surface area contributed by atoms with E-state index in [2.05, 4.69) is 20.5 Å². The first-order chi connectivity index (χ1) is 17.8. The van der Waals surface area contributed by atoms with E-state index in [-0.39, 0.29) is 29.8 Å². The van der Waals surface area contributed by atoms with Crippen LogP contribution in [0.2, 0.25) is 0 Å². The maximum atomic E-state index is 13.6. The van der Waals surface area contributed by atoms with Gasteiger partial charge in [0.15, 0.2) is 0 Å². The lowest BCUT2D eigenvalue weighted by Crippen LogP contribution is -3.01. The number of hydrogen-bond acceptors (Lipinski definition) is 6. The Labute approximate surface area is 215 Å². The molecule has 0 amide bonds. The molecule has 202 valence electrons. The monoisotopic (exact) mass is 519 g/mol. The Bertz CT molecular complexity index is 1060. The zero-order valence-electron chi connectivity index (χ0n) is 21.2. The van der Waals surface area contributed by atoms with E-state index < -0.39 is 16.8 Å². The number of alkyl halides is 3. The SMILES string of the molecule is CC[NH+]([O-])c1ccc(NC2CC23CCC(OC2=CC=NC4C2C4N2CCNCC2)CC3)cc1C(F)(F)F. The van der Waals surface area contributed by atoms with Gasteiger partial charge >= 0.3 is 6.18 Å². The van der Waals surface area contributed by atoms with Crippen molar-refractivity contribution in [1.29, 1.82) is 0 Å². The number of halogens is 3. The summed E-state index contributed by atoms with van der Waals surface area (Å²) in [4.78, 5) is 7.23. The number of ether oxygens (including phenoxy) is 1. The average Bonchev–Trinajstić information content (AvgIpc) is 3.80. The molecule has 3 N–H and O–H groups in total. The molecule has 5 atom stereocenters. The van der Waals surface area contributed by atoms with Gasteiger partial charge in [-0.2, -0.15) is 13.2 Å². The molecule has 1 aromatic carbocycles. The molecular formula is C27H36F3N5O2. The first-order valence-corrected chi connectivity index (χ1v) is 13.6. The molecule has 0 bridgehead atoms. The molecule has 1 spiro atoms. The van der Waals surface area contributed by atoms with Crippen LogP contribution in [0.4, 0.5) is 24.5 Å². The molecule has 4 fully saturated rings. The van der Waals surface area contributed by atoms with E-state index in [4.69, 9.17) is 4.74 Å². The third kappa shape index (κ3) is 4.89. The first kappa shape index (κ1) is 25.2. The number of dihydropyridines is 1. The molecule has 1 aromatic rings. The maximum absolute atomic E-state index is 13.6. The van der Waals surface area contributed by atoms with Crippen molar-refractivity contribution in [3.63, 3.8) is 0 Å². The summed E-state index contributed by atoms with van der Waals surface area (Å²) in [6, 6.07) is 4.97. The zero-order chi connectivity index (χ0) is 25.8. The van der Waals surface area contributed by atoms with Crippen LogP contribution in [0.25, 0.3) is 0 Å². The summed E-state index contributed by atoms with van der Waals surface area (Å²) in [7, 11) is 0. The molecule has 0 aromatic heterocycles. The fraction of sp³-hybridized carbons (Fsp3) is 0.667. The van der Waals surface area contributed by atoms with E-state index in [0.717, 1.165) is 70.1 Å². The predicted molar refractivity (Wildman–Crippen MR) is 136 cm³/mol. The molecule has 10 heteroatoms. The Kier molecular flexibility index (Phi) is 6.50. The van der Waals surface area contributed by atoms with E-state index in [1.807, 2.05) is 12.3 Å². The third-order valence-electron chi connectivity index (χ3n) is 9.05. The highest BCUT2D eigenvalue weighted by atomic mass is 19.4. The molecule has 6 rings (SSSR count). The quantitative estimate of drug-likeness (QED) is 0.483. The van der Waals surface area contributed by atoms with Gasteiger partial charge in [0.1, 0.15) is 17.0 Å². The molecule has 7 nitrogen and oxygen atoms in total. The highest BCUT2D eigenvalue weighted by molar-refractivity contribution is 5.75. The lowest BCUT2D eigenvalue weighted by molar-refractivity contribution is -0.774. The Balaban J connectivity index is 1.03. The van der Waals surface area contributed by atoms with Crippen LogP contribution < -0.4 is 15.7 Å². The van der Waals surface area contributed by atoms with E-state index in [1.165, 1.54) is 6.07 Å². The average molecular weight is 520 g/mol. The fourth-order valence-corrected chi connectivity index (χ4v) is 6.75. The number of allylic oxidation sites excluding steroid dienone is 1. The van der Waals surface area contributed by atoms with E-state index in [0.29, 0.717) is 23.7 Å². The number of hydroxylamine groups is 1. The van der Waals surface area contributed by atoms with Gasteiger partial charge in [0.2, 0.25) is 0 Å². The van der Waals surface area contributed by atoms with Gasteiger partial charge in [-0.05, 0) is 62.7 Å². The number of anilines is 1. The van der Waals surface area contributed by atoms with Crippen molar-refractivity contribution in [3.05, 3.63) is 40.8 Å². The fourth-order valence-electron chi connectivity index (χ4n) is 6.75. The molecule has 2 heterocycles. The van der Waals surface area contributed by atoms with Gasteiger partial charge in [-0.1, -0.05) is 0 Å². The minimum absolute atomic E-state index is 0.0479. The second-order valence-corrected chi connectivity index (χ2v) is 11.3. The number of nitrogens with zero attached hydrogens (tertiary/aromatic N) is 2. The van der Waals surface area contributed by atoms with Crippen molar-refractivity contribution in [2.75, 3.05) is 38.0 Å². The summed E-state index contributed by atoms with van der Waals surface area (Å²) >= 11 is 0. The van der Waals surface area contributed by atoms with Gasteiger partial charge in [-0.25, -0.2) is 0 Å². The van der Waals surface area contributed by atoms with Gasteiger partial charge in [0.05, 0.1) is 24.6 Å². The Hall–Kier alpha value is -2.14. The summed E-state index contributed by atoms with van der Waals surface area (Å²) < 4.78 is 47.4. The largest absolute Gasteiger partial charge is 0.629 e. The van der Waals surface area contributed by atoms with Gasteiger partial charge < -0.3 is 25.6 Å². The molecule has 2 aliphatic heterocycles. The number of piperazine rings is 1. The van der Waals surface area contributed by atoms with Crippen molar-refractivity contribution >= 4 is 17.6 Å². The minimum atomic E-state index is -4.56. The minimum Gasteiger partial charge on any atom is -0.629 e. The first-order valence-electron chi connectivity index (χ1n) is 13.6. The summed E-state index contributed by atoms with van der Waals surface area (Å²) in [5.74, 6) is 1.45. The van der Waals surface area contributed by atoms with Crippen LogP contribution in [0.3, 0.4) is 0 Å². The van der Waals surface area contributed by atoms with Gasteiger partial charge in [0.25, 0.3) is 0 Å². The molecule has 5 unspecified atom stereocenters. The molecule has 3 aliphatic carbocycles. The van der Waals surface area contributed by atoms with Crippen LogP contribution in [-0.2, 0) is 10.9 Å². The highest BCUT2D eigenvalue weighted by Crippen LogP contribution is 2.58. The van der Waals surface area contributed by atoms with Crippen molar-refractivity contribution < 1.29 is 23.0 Å². The van der Waals surface area contributed by atoms with Crippen LogP contribution in [0.5, 0.6) is 0 Å². The van der Waals surface area contributed by atoms with E-state index in [9.17, 15) is 18.4 Å². The standard InChI is InChI=1S/C27H36F3N5O2/c1-2-35(36)20-4-3-17(15-19(20)27(28,29)30)33-22-16-26(22)8-5-18(6-9-26)37-21-7-10-32-24-23(21)25(24)34-13-11-31-12-14-34/h3-4,7,10,15,18,22-25,31,33,35H,2,5-6,8-9,11-14,16H2,1H3. The number of hydrogen-bond donors (Lipinski definition) is 3. The van der Waals surface area contributed by atoms with E-state index >= 15 is 0 Å². The van der Waals surface area contributed by atoms with Crippen LogP contribution in [0.15, 0.2) is 35.0 Å². The number of rotatable bonds is 7. The Morgan fingerprint density at radius 2 is 2.00 bits per heavy atom. The van der Waals surface area contributed by atoms with Gasteiger partial charge in [-0.15, -0.1) is 0 Å². The summed E-state index contributed by atoms with van der Waals surface area (Å²) in [6.45, 7) is 5.79. The molecule has 0 radical (unpaired) electrons. The lowest BCUT2D eigenvalue weighted by atomic mass is 9.84. The normalized spacial score (nSPS) is 36.0. The van der Waals surface area contributed by atoms with Crippen LogP contribution >= 0.6 is 0 Å². The Morgan fingerprint density at radius 3 is 2.70 bits per heavy atom. The van der Waals surface area contributed by atoms with Gasteiger partial charge in [0, 0.05) is 56.2 Å². The summed E-state index contributed by atoms with van der Waals surface area (Å²) in [5.41, 5.74) is -0.532. The maximum Gasteiger partial charge on any atom is 0.422 e. The number of benzene rings is 1. The zero-order valence-corrected chi connectivity index (χ0v) is 21.2. The Morgan fingerprint density at radius 1 is 1.24 bits per heavy atom. The third-order valence-corrected chi connectivity index (χ3v) is 9.05. The lowest BCUT2D eigenvalue weighted by Gasteiger charge is -2.31. The topological polar surface area (TPSA) is 76.4 Å². The predicted octanol–water partition coefficient (Wildman–Crippen LogP) is 3.11. The van der Waals surface area contributed by atoms with Crippen molar-refractivity contribution in [2.24, 2.45) is 16.3 Å². The van der Waals surface area contributed by atoms with Crippen molar-refractivity contribution in [3.8, 4) is 0 Å². The van der Waals surface area contributed by atoms with Crippen LogP contribution in [0.1, 0.15) is 44.6 Å². The van der Waals surface area contributed by atoms with Crippen molar-refractivity contribution in [2.45, 2.75) is 69.4 Å². The molecule has 3 saturated carbocycles. The summed E-state index contributed by atoms with van der Waals surface area (Å²) in [5, 5.41) is 18.3. The highest BCUT2D eigenvalue weighted by Gasteiger charge is 2.59. The second-order valence-electron chi connectivity index (χ2n) is 11.3. The number of nitrogens with one attached hydrogen (secondary N) is 3. The van der Waals surface area contributed by atoms with E-state index in [1.54, 1.807) is 13.0 Å². The molecular weight excluding hydrogens is 483 g/mol. The van der Waals surface area contributed by atoms with Crippen LogP contribution in [0, 0.1) is 16.5 Å². The smallest absolute Gasteiger partial charge is 0.422 e. The number of aliphatic imine (C=N–C) groups is 1. The number of fused-ring (bicyclic) bond motifs is 1. The van der Waals surface area contributed by atoms with Crippen molar-refractivity contribution in [1.82, 2.24) is 10.2 Å².